The molecule has 2 heterocycles. The topological polar surface area (TPSA) is 6.48 Å². The number of hydrogen-bond acceptors (Lipinski definition) is 4. The number of para-hydroxylation sites is 2. The zero-order chi connectivity index (χ0) is 31.3. The van der Waals surface area contributed by atoms with Crippen molar-refractivity contribution in [1.29, 1.82) is 0 Å². The van der Waals surface area contributed by atoms with Gasteiger partial charge in [-0.3, -0.25) is 0 Å². The van der Waals surface area contributed by atoms with Crippen molar-refractivity contribution in [3.8, 4) is 0 Å². The Balaban J connectivity index is 1.22. The molecule has 47 heavy (non-hydrogen) atoms. The van der Waals surface area contributed by atoms with Crippen LogP contribution >= 0.6 is 38.6 Å². The third-order valence-corrected chi connectivity index (χ3v) is 12.1. The highest BCUT2D eigenvalue weighted by Crippen LogP contribution is 2.46. The first-order valence-corrected chi connectivity index (χ1v) is 18.6. The average Bonchev–Trinajstić information content (AvgIpc) is 3.67. The van der Waals surface area contributed by atoms with Gasteiger partial charge in [-0.2, -0.15) is 0 Å². The summed E-state index contributed by atoms with van der Waals surface area (Å²) in [7, 11) is 0. The van der Waals surface area contributed by atoms with Gasteiger partial charge in [0.2, 0.25) is 0 Å². The zero-order valence-electron chi connectivity index (χ0n) is 25.7. The second kappa shape index (κ2) is 12.0. The van der Waals surface area contributed by atoms with Crippen LogP contribution in [0.2, 0.25) is 0 Å². The third-order valence-electron chi connectivity index (χ3n) is 9.17. The van der Waals surface area contributed by atoms with Gasteiger partial charge < -0.3 is 9.80 Å². The molecule has 5 heteroatoms. The lowest BCUT2D eigenvalue weighted by atomic mass is 10.0. The number of fused-ring (bicyclic) bond motifs is 6. The quantitative estimate of drug-likeness (QED) is 0.170. The minimum absolute atomic E-state index is 1.03. The van der Waals surface area contributed by atoms with Gasteiger partial charge in [-0.1, -0.05) is 70.6 Å². The smallest absolute Gasteiger partial charge is 0.0493 e. The largest absolute Gasteiger partial charge is 0.310 e. The molecule has 0 bridgehead atoms. The zero-order valence-corrected chi connectivity index (χ0v) is 28.9. The van der Waals surface area contributed by atoms with Gasteiger partial charge in [-0.05, 0) is 127 Å². The Hall–Kier alpha value is -4.42. The van der Waals surface area contributed by atoms with E-state index in [1.54, 1.807) is 0 Å². The van der Waals surface area contributed by atoms with E-state index in [4.69, 9.17) is 0 Å². The minimum atomic E-state index is 1.03. The van der Waals surface area contributed by atoms with Crippen molar-refractivity contribution in [2.75, 3.05) is 9.80 Å². The van der Waals surface area contributed by atoms with Gasteiger partial charge >= 0.3 is 0 Å². The van der Waals surface area contributed by atoms with E-state index >= 15 is 0 Å². The summed E-state index contributed by atoms with van der Waals surface area (Å²) in [5.41, 5.74) is 9.63. The molecule has 0 amide bonds. The molecule has 0 saturated heterocycles. The fraction of sp³-hybridized carbons (Fsp3) is 0.0952. The molecule has 0 N–H and O–H groups in total. The number of thiophene rings is 2. The van der Waals surface area contributed by atoms with E-state index < -0.39 is 0 Å². The molecule has 2 aliphatic carbocycles. The van der Waals surface area contributed by atoms with Crippen LogP contribution in [0.1, 0.15) is 33.7 Å². The van der Waals surface area contributed by atoms with Gasteiger partial charge in [0.15, 0.2) is 0 Å². The van der Waals surface area contributed by atoms with Gasteiger partial charge in [0, 0.05) is 63.1 Å². The fourth-order valence-electron chi connectivity index (χ4n) is 7.05. The van der Waals surface area contributed by atoms with Crippen molar-refractivity contribution in [2.24, 2.45) is 0 Å². The highest BCUT2D eigenvalue weighted by Gasteiger charge is 2.21. The van der Waals surface area contributed by atoms with Crippen LogP contribution in [-0.4, -0.2) is 0 Å². The molecule has 0 aliphatic heterocycles. The molecule has 2 aromatic heterocycles. The summed E-state index contributed by atoms with van der Waals surface area (Å²) in [6, 6.07) is 42.2. The van der Waals surface area contributed by atoms with Crippen molar-refractivity contribution in [2.45, 2.75) is 25.7 Å². The molecule has 9 rings (SSSR count). The maximum Gasteiger partial charge on any atom is 0.0493 e. The molecule has 7 aromatic rings. The molecule has 5 aromatic carbocycles. The fourth-order valence-corrected chi connectivity index (χ4v) is 9.87. The Morgan fingerprint density at radius 3 is 1.79 bits per heavy atom. The number of hydrogen-bond donors (Lipinski definition) is 0. The molecule has 0 unspecified atom stereocenters. The molecule has 0 radical (unpaired) electrons. The molecule has 0 atom stereocenters. The minimum Gasteiger partial charge on any atom is -0.310 e. The highest BCUT2D eigenvalue weighted by molar-refractivity contribution is 9.10. The number of anilines is 6. The molecule has 2 aliphatic rings. The lowest BCUT2D eigenvalue weighted by molar-refractivity contribution is 1.01. The second-order valence-corrected chi connectivity index (χ2v) is 15.3. The van der Waals surface area contributed by atoms with Crippen LogP contribution in [0.5, 0.6) is 0 Å². The maximum atomic E-state index is 3.94. The third kappa shape index (κ3) is 5.23. The summed E-state index contributed by atoms with van der Waals surface area (Å²) < 4.78 is 3.73. The first-order chi connectivity index (χ1) is 23.2. The first-order valence-electron chi connectivity index (χ1n) is 16.1. The van der Waals surface area contributed by atoms with E-state index in [0.29, 0.717) is 0 Å². The van der Waals surface area contributed by atoms with Crippen LogP contribution in [0, 0.1) is 0 Å². The van der Waals surface area contributed by atoms with Gasteiger partial charge in [-0.15, -0.1) is 22.7 Å². The van der Waals surface area contributed by atoms with Crippen molar-refractivity contribution in [3.63, 3.8) is 0 Å². The second-order valence-electron chi connectivity index (χ2n) is 12.1. The highest BCUT2D eigenvalue weighted by atomic mass is 79.9. The van der Waals surface area contributed by atoms with Crippen LogP contribution < -0.4 is 9.80 Å². The number of halogens is 1. The summed E-state index contributed by atoms with van der Waals surface area (Å²) in [6.07, 6.45) is 13.7. The Kier molecular flexibility index (Phi) is 7.34. The summed E-state index contributed by atoms with van der Waals surface area (Å²) >= 11 is 7.78. The molecule has 2 nitrogen and oxygen atoms in total. The Morgan fingerprint density at radius 2 is 1.11 bits per heavy atom. The number of benzene rings is 5. The van der Waals surface area contributed by atoms with Gasteiger partial charge in [0.1, 0.15) is 0 Å². The van der Waals surface area contributed by atoms with E-state index in [-0.39, 0.29) is 0 Å². The SMILES string of the molecule is Brc1cc(N(c2ccccc2)c2ccc3sc4c(c3c2)C=CCC4)cc(N(c2ccccc2)c2ccc3sc4c(c3c2)CCC=C4)c1. The van der Waals surface area contributed by atoms with Crippen molar-refractivity contribution in [1.82, 2.24) is 0 Å². The Labute approximate surface area is 291 Å². The van der Waals surface area contributed by atoms with Crippen LogP contribution in [0.25, 0.3) is 32.3 Å². The summed E-state index contributed by atoms with van der Waals surface area (Å²) in [4.78, 5) is 7.67. The number of allylic oxidation sites excluding steroid dienone is 2. The number of aryl methyl sites for hydroxylation is 2. The molecule has 228 valence electrons. The van der Waals surface area contributed by atoms with E-state index in [2.05, 4.69) is 165 Å². The molecule has 0 spiro atoms. The van der Waals surface area contributed by atoms with Crippen molar-refractivity contribution >= 4 is 105 Å². The van der Waals surface area contributed by atoms with E-state index in [0.717, 1.165) is 64.3 Å². The maximum absolute atomic E-state index is 3.94. The molecule has 0 fully saturated rings. The Morgan fingerprint density at radius 1 is 0.511 bits per heavy atom. The van der Waals surface area contributed by atoms with Gasteiger partial charge in [-0.25, -0.2) is 0 Å². The van der Waals surface area contributed by atoms with Crippen LogP contribution in [-0.2, 0) is 12.8 Å². The van der Waals surface area contributed by atoms with Crippen molar-refractivity contribution < 1.29 is 0 Å². The number of rotatable bonds is 6. The summed E-state index contributed by atoms with van der Waals surface area (Å²) in [5, 5.41) is 2.71. The first kappa shape index (κ1) is 28.8. The summed E-state index contributed by atoms with van der Waals surface area (Å²) in [6.45, 7) is 0. The normalized spacial score (nSPS) is 13.6. The van der Waals surface area contributed by atoms with Crippen LogP contribution in [0.3, 0.4) is 0 Å². The Bertz CT molecular complexity index is 2330. The van der Waals surface area contributed by atoms with Gasteiger partial charge in [0.05, 0.1) is 0 Å². The van der Waals surface area contributed by atoms with Crippen LogP contribution in [0.15, 0.2) is 132 Å². The predicted octanol–water partition coefficient (Wildman–Crippen LogP) is 13.7. The monoisotopic (exact) mass is 706 g/mol. The van der Waals surface area contributed by atoms with Crippen LogP contribution in [0.4, 0.5) is 34.1 Å². The average molecular weight is 708 g/mol. The van der Waals surface area contributed by atoms with E-state index in [1.165, 1.54) is 41.1 Å². The lowest BCUT2D eigenvalue weighted by Gasteiger charge is -2.30. The molecule has 0 saturated carbocycles. The summed E-state index contributed by atoms with van der Waals surface area (Å²) in [5.74, 6) is 0. The lowest BCUT2D eigenvalue weighted by Crippen LogP contribution is -2.13. The molecular weight excluding hydrogens is 677 g/mol. The predicted molar refractivity (Wildman–Crippen MR) is 209 cm³/mol. The molecular formula is C42H31BrN2S2. The number of nitrogens with zero attached hydrogens (tertiary/aromatic N) is 2. The van der Waals surface area contributed by atoms with E-state index in [9.17, 15) is 0 Å². The van der Waals surface area contributed by atoms with Gasteiger partial charge in [0.25, 0.3) is 0 Å². The van der Waals surface area contributed by atoms with Crippen molar-refractivity contribution in [3.05, 3.63) is 153 Å². The standard InChI is InChI=1S/C42H31BrN2S2/c43-28-23-33(44(29-11-3-1-4-12-29)31-19-21-41-37(26-31)35-15-7-9-17-39(35)46-41)25-34(24-28)45(30-13-5-2-6-14-30)32-20-22-42-38(27-32)36-16-8-10-18-40(36)47-42/h1-7,10-15,18-27H,8-9,16-17H2. The van der Waals surface area contributed by atoms with E-state index in [1.807, 2.05) is 22.7 Å².